The molecule has 0 atom stereocenters. The molecular weight excluding hydrogens is 413 g/mol. The van der Waals surface area contributed by atoms with Crippen molar-refractivity contribution in [1.82, 2.24) is 20.6 Å². The minimum atomic E-state index is -4.75. The SMILES string of the molecule is CC(C)n1ncc(C(=O)NNC(=O)c2ccc(Br)s2)c1C(F)(F)F. The lowest BCUT2D eigenvalue weighted by atomic mass is 10.2. The molecule has 0 aliphatic carbocycles. The maximum absolute atomic E-state index is 13.2. The zero-order valence-electron chi connectivity index (χ0n) is 12.4. The van der Waals surface area contributed by atoms with E-state index in [1.807, 2.05) is 5.43 Å². The van der Waals surface area contributed by atoms with E-state index in [1.54, 1.807) is 6.07 Å². The first-order valence-corrected chi connectivity index (χ1v) is 8.23. The summed E-state index contributed by atoms with van der Waals surface area (Å²) in [5, 5.41) is 3.61. The number of nitrogens with one attached hydrogen (secondary N) is 2. The third-order valence-corrected chi connectivity index (χ3v) is 4.51. The minimum Gasteiger partial charge on any atom is -0.267 e. The molecule has 0 saturated heterocycles. The lowest BCUT2D eigenvalue weighted by Crippen LogP contribution is -2.42. The summed E-state index contributed by atoms with van der Waals surface area (Å²) in [7, 11) is 0. The third kappa shape index (κ3) is 3.96. The molecule has 0 spiro atoms. The van der Waals surface area contributed by atoms with Gasteiger partial charge in [0.1, 0.15) is 0 Å². The fraction of sp³-hybridized carbons (Fsp3) is 0.308. The zero-order chi connectivity index (χ0) is 18.1. The molecule has 0 unspecified atom stereocenters. The number of alkyl halides is 3. The number of rotatable bonds is 3. The Morgan fingerprint density at radius 3 is 2.38 bits per heavy atom. The average molecular weight is 425 g/mol. The van der Waals surface area contributed by atoms with Gasteiger partial charge in [-0.3, -0.25) is 25.1 Å². The molecule has 0 aliphatic rings. The van der Waals surface area contributed by atoms with Gasteiger partial charge in [-0.2, -0.15) is 18.3 Å². The van der Waals surface area contributed by atoms with Crippen molar-refractivity contribution < 1.29 is 22.8 Å². The standard InChI is InChI=1S/C13H12BrF3N4O2S/c1-6(2)21-10(13(15,16)17)7(5-18-21)11(22)19-20-12(23)8-3-4-9(14)24-8/h3-6H,1-2H3,(H,19,22)(H,20,23). The first-order chi connectivity index (χ1) is 11.1. The zero-order valence-corrected chi connectivity index (χ0v) is 14.8. The van der Waals surface area contributed by atoms with Crippen LogP contribution in [0.2, 0.25) is 0 Å². The van der Waals surface area contributed by atoms with Gasteiger partial charge in [-0.25, -0.2) is 0 Å². The van der Waals surface area contributed by atoms with Gasteiger partial charge in [0.15, 0.2) is 5.69 Å². The molecule has 130 valence electrons. The largest absolute Gasteiger partial charge is 0.433 e. The van der Waals surface area contributed by atoms with Crippen LogP contribution in [0, 0.1) is 0 Å². The van der Waals surface area contributed by atoms with Gasteiger partial charge in [0.25, 0.3) is 11.8 Å². The molecule has 11 heteroatoms. The highest BCUT2D eigenvalue weighted by atomic mass is 79.9. The van der Waals surface area contributed by atoms with Gasteiger partial charge in [-0.1, -0.05) is 0 Å². The van der Waals surface area contributed by atoms with Crippen LogP contribution in [0.25, 0.3) is 0 Å². The second-order valence-electron chi connectivity index (χ2n) is 4.95. The molecule has 0 saturated carbocycles. The molecule has 2 heterocycles. The number of aromatic nitrogens is 2. The maximum atomic E-state index is 13.2. The second kappa shape index (κ2) is 6.93. The van der Waals surface area contributed by atoms with E-state index in [-0.39, 0.29) is 4.88 Å². The van der Waals surface area contributed by atoms with Crippen molar-refractivity contribution in [2.75, 3.05) is 0 Å². The van der Waals surface area contributed by atoms with Crippen molar-refractivity contribution in [3.63, 3.8) is 0 Å². The van der Waals surface area contributed by atoms with Crippen molar-refractivity contribution >= 4 is 39.1 Å². The molecule has 0 radical (unpaired) electrons. The Kier molecular flexibility index (Phi) is 5.33. The van der Waals surface area contributed by atoms with Gasteiger partial charge in [-0.05, 0) is 41.9 Å². The van der Waals surface area contributed by atoms with Gasteiger partial charge in [-0.15, -0.1) is 11.3 Å². The van der Waals surface area contributed by atoms with E-state index >= 15 is 0 Å². The van der Waals surface area contributed by atoms with Crippen LogP contribution in [0.15, 0.2) is 22.1 Å². The van der Waals surface area contributed by atoms with Crippen molar-refractivity contribution in [3.8, 4) is 0 Å². The fourth-order valence-electron chi connectivity index (χ4n) is 1.88. The van der Waals surface area contributed by atoms with Crippen molar-refractivity contribution in [1.29, 1.82) is 0 Å². The number of amides is 2. The molecule has 6 nitrogen and oxygen atoms in total. The van der Waals surface area contributed by atoms with Crippen LogP contribution >= 0.6 is 27.3 Å². The molecular formula is C13H12BrF3N4O2S. The normalized spacial score (nSPS) is 11.6. The average Bonchev–Trinajstić information content (AvgIpc) is 3.09. The molecule has 24 heavy (non-hydrogen) atoms. The summed E-state index contributed by atoms with van der Waals surface area (Å²) in [6.07, 6.45) is -3.93. The van der Waals surface area contributed by atoms with Crippen LogP contribution < -0.4 is 10.9 Å². The van der Waals surface area contributed by atoms with Crippen LogP contribution in [-0.2, 0) is 6.18 Å². The Hall–Kier alpha value is -1.88. The summed E-state index contributed by atoms with van der Waals surface area (Å²) < 4.78 is 41.0. The van der Waals surface area contributed by atoms with E-state index in [0.717, 1.165) is 17.5 Å². The van der Waals surface area contributed by atoms with Gasteiger partial charge in [0.05, 0.1) is 20.4 Å². The number of hydrogen-bond acceptors (Lipinski definition) is 4. The van der Waals surface area contributed by atoms with E-state index in [1.165, 1.54) is 19.9 Å². The molecule has 2 amide bonds. The Bertz CT molecular complexity index is 770. The van der Waals surface area contributed by atoms with Crippen LogP contribution in [0.5, 0.6) is 0 Å². The molecule has 2 aromatic rings. The quantitative estimate of drug-likeness (QED) is 0.741. The highest BCUT2D eigenvalue weighted by Crippen LogP contribution is 2.33. The Balaban J connectivity index is 2.17. The molecule has 0 aromatic carbocycles. The van der Waals surface area contributed by atoms with Crippen LogP contribution in [0.3, 0.4) is 0 Å². The molecule has 0 bridgehead atoms. The fourth-order valence-corrected chi connectivity index (χ4v) is 3.16. The number of hydrogen-bond donors (Lipinski definition) is 2. The van der Waals surface area contributed by atoms with E-state index in [2.05, 4.69) is 26.5 Å². The summed E-state index contributed by atoms with van der Waals surface area (Å²) in [6, 6.07) is 2.56. The predicted octanol–water partition coefficient (Wildman–Crippen LogP) is 3.38. The summed E-state index contributed by atoms with van der Waals surface area (Å²) >= 11 is 4.30. The topological polar surface area (TPSA) is 76.0 Å². The number of nitrogens with zero attached hydrogens (tertiary/aromatic N) is 2. The smallest absolute Gasteiger partial charge is 0.267 e. The van der Waals surface area contributed by atoms with Crippen LogP contribution in [0.4, 0.5) is 13.2 Å². The van der Waals surface area contributed by atoms with Gasteiger partial charge in [0.2, 0.25) is 0 Å². The number of hydrazine groups is 1. The summed E-state index contributed by atoms with van der Waals surface area (Å²) in [6.45, 7) is 3.03. The molecule has 2 aromatic heterocycles. The number of carbonyl (C=O) groups excluding carboxylic acids is 2. The number of thiophene rings is 1. The van der Waals surface area contributed by atoms with Crippen molar-refractivity contribution in [3.05, 3.63) is 38.3 Å². The van der Waals surface area contributed by atoms with Crippen molar-refractivity contribution in [2.45, 2.75) is 26.1 Å². The Labute approximate surface area is 147 Å². The maximum Gasteiger partial charge on any atom is 0.433 e. The second-order valence-corrected chi connectivity index (χ2v) is 7.42. The van der Waals surface area contributed by atoms with E-state index in [9.17, 15) is 22.8 Å². The minimum absolute atomic E-state index is 0.288. The highest BCUT2D eigenvalue weighted by molar-refractivity contribution is 9.11. The third-order valence-electron chi connectivity index (χ3n) is 2.88. The van der Waals surface area contributed by atoms with Gasteiger partial charge < -0.3 is 0 Å². The van der Waals surface area contributed by atoms with Gasteiger partial charge >= 0.3 is 6.18 Å². The van der Waals surface area contributed by atoms with E-state index < -0.39 is 35.3 Å². The monoisotopic (exact) mass is 424 g/mol. The van der Waals surface area contributed by atoms with Gasteiger partial charge in [0, 0.05) is 6.04 Å². The van der Waals surface area contributed by atoms with E-state index in [4.69, 9.17) is 0 Å². The Morgan fingerprint density at radius 1 is 1.25 bits per heavy atom. The van der Waals surface area contributed by atoms with E-state index in [0.29, 0.717) is 8.47 Å². The Morgan fingerprint density at radius 2 is 1.88 bits per heavy atom. The predicted molar refractivity (Wildman–Crippen MR) is 84.6 cm³/mol. The molecule has 2 N–H and O–H groups in total. The first kappa shape index (κ1) is 18.5. The summed E-state index contributed by atoms with van der Waals surface area (Å²) in [5.41, 5.74) is 2.22. The molecule has 2 rings (SSSR count). The number of halogens is 4. The summed E-state index contributed by atoms with van der Waals surface area (Å²) in [5.74, 6) is -1.73. The number of carbonyl (C=O) groups is 2. The summed E-state index contributed by atoms with van der Waals surface area (Å²) in [4.78, 5) is 24.1. The lowest BCUT2D eigenvalue weighted by Gasteiger charge is -2.15. The highest BCUT2D eigenvalue weighted by Gasteiger charge is 2.40. The first-order valence-electron chi connectivity index (χ1n) is 6.62. The molecule has 0 fully saturated rings. The van der Waals surface area contributed by atoms with Crippen LogP contribution in [-0.4, -0.2) is 21.6 Å². The lowest BCUT2D eigenvalue weighted by molar-refractivity contribution is -0.145. The molecule has 0 aliphatic heterocycles. The van der Waals surface area contributed by atoms with Crippen LogP contribution in [0.1, 0.15) is 45.6 Å². The van der Waals surface area contributed by atoms with Crippen molar-refractivity contribution in [2.24, 2.45) is 0 Å².